The molecule has 154 valence electrons. The standard InChI is InChI=1S/C21H27N5O3/c1-4-18(21(27)23-10-12-29-13-11-23)24-14-15(2)19-16(3)25(22-20(19)26(24)28)17-8-6-5-7-9-17/h5-9,14,18,26H,4,10-13H2,1-3H3. The van der Waals surface area contributed by atoms with Crippen LogP contribution in [0.4, 0.5) is 5.82 Å². The first-order chi connectivity index (χ1) is 14.0. The minimum Gasteiger partial charge on any atom is -0.601 e. The maximum Gasteiger partial charge on any atom is 0.277 e. The highest BCUT2D eigenvalue weighted by molar-refractivity contribution is 5.82. The first-order valence-electron chi connectivity index (χ1n) is 10.1. The van der Waals surface area contributed by atoms with Crippen LogP contribution in [-0.4, -0.2) is 57.9 Å². The number of nitrogens with zero attached hydrogens (tertiary/aromatic N) is 4. The lowest BCUT2D eigenvalue weighted by Gasteiger charge is -2.40. The molecule has 1 aromatic heterocycles. The number of aromatic nitrogens is 2. The average Bonchev–Trinajstić information content (AvgIpc) is 3.11. The summed E-state index contributed by atoms with van der Waals surface area (Å²) in [6.45, 7) is 8.07. The van der Waals surface area contributed by atoms with Crippen molar-refractivity contribution in [3.05, 3.63) is 53.0 Å². The van der Waals surface area contributed by atoms with E-state index in [1.54, 1.807) is 20.8 Å². The third kappa shape index (κ3) is 3.43. The summed E-state index contributed by atoms with van der Waals surface area (Å²) in [4.78, 5) is 14.9. The van der Waals surface area contributed by atoms with E-state index >= 15 is 0 Å². The molecule has 1 N–H and O–H groups in total. The second-order valence-electron chi connectivity index (χ2n) is 7.44. The Bertz CT molecular complexity index is 918. The zero-order valence-corrected chi connectivity index (χ0v) is 17.1. The zero-order valence-electron chi connectivity index (χ0n) is 17.1. The molecule has 8 heteroatoms. The summed E-state index contributed by atoms with van der Waals surface area (Å²) >= 11 is 0. The summed E-state index contributed by atoms with van der Waals surface area (Å²) in [5.74, 6) is 0.371. The van der Waals surface area contributed by atoms with Gasteiger partial charge in [-0.3, -0.25) is 4.79 Å². The van der Waals surface area contributed by atoms with Gasteiger partial charge in [0.15, 0.2) is 6.04 Å². The number of amides is 1. The van der Waals surface area contributed by atoms with E-state index in [-0.39, 0.29) is 11.1 Å². The normalized spacial score (nSPS) is 20.3. The van der Waals surface area contributed by atoms with Crippen LogP contribution < -0.4 is 5.17 Å². The zero-order chi connectivity index (χ0) is 20.5. The fourth-order valence-electron chi connectivity index (χ4n) is 4.12. The first kappa shape index (κ1) is 19.6. The van der Waals surface area contributed by atoms with Crippen molar-refractivity contribution in [3.63, 3.8) is 0 Å². The smallest absolute Gasteiger partial charge is 0.277 e. The lowest BCUT2D eigenvalue weighted by Crippen LogP contribution is -3.11. The molecule has 29 heavy (non-hydrogen) atoms. The molecule has 8 nitrogen and oxygen atoms in total. The summed E-state index contributed by atoms with van der Waals surface area (Å²) in [7, 11) is 0. The molecule has 1 saturated heterocycles. The van der Waals surface area contributed by atoms with E-state index in [9.17, 15) is 10.0 Å². The molecule has 2 aromatic rings. The number of quaternary nitrogens is 1. The fourth-order valence-corrected chi connectivity index (χ4v) is 4.12. The highest BCUT2D eigenvalue weighted by Crippen LogP contribution is 2.30. The van der Waals surface area contributed by atoms with Gasteiger partial charge in [0, 0.05) is 13.1 Å². The Morgan fingerprint density at radius 2 is 1.93 bits per heavy atom. The molecular weight excluding hydrogens is 370 g/mol. The van der Waals surface area contributed by atoms with Crippen molar-refractivity contribution in [2.75, 3.05) is 26.3 Å². The quantitative estimate of drug-likeness (QED) is 0.790. The Balaban J connectivity index is 1.68. The van der Waals surface area contributed by atoms with Crippen molar-refractivity contribution in [3.8, 4) is 5.69 Å². The van der Waals surface area contributed by atoms with Crippen LogP contribution in [0.2, 0.25) is 0 Å². The Labute approximate surface area is 170 Å². The third-order valence-electron chi connectivity index (χ3n) is 5.61. The Kier molecular flexibility index (Phi) is 5.40. The van der Waals surface area contributed by atoms with Gasteiger partial charge in [0.25, 0.3) is 11.7 Å². The van der Waals surface area contributed by atoms with Crippen LogP contribution in [0.25, 0.3) is 11.3 Å². The third-order valence-corrected chi connectivity index (χ3v) is 5.61. The van der Waals surface area contributed by atoms with Crippen LogP contribution in [0.1, 0.15) is 31.5 Å². The van der Waals surface area contributed by atoms with E-state index in [1.165, 1.54) is 0 Å². The van der Waals surface area contributed by atoms with Crippen LogP contribution in [0.15, 0.2) is 36.5 Å². The molecule has 0 bridgehead atoms. The average molecular weight is 397 g/mol. The molecule has 1 amide bonds. The van der Waals surface area contributed by atoms with Crippen molar-refractivity contribution in [2.24, 2.45) is 0 Å². The Hall–Kier alpha value is -2.68. The molecule has 3 heterocycles. The number of benzene rings is 1. The van der Waals surface area contributed by atoms with Crippen molar-refractivity contribution in [1.82, 2.24) is 19.7 Å². The van der Waals surface area contributed by atoms with Crippen LogP contribution in [0.5, 0.6) is 0 Å². The molecule has 1 fully saturated rings. The van der Waals surface area contributed by atoms with Crippen molar-refractivity contribution in [2.45, 2.75) is 33.2 Å². The number of para-hydroxylation sites is 1. The molecule has 0 radical (unpaired) electrons. The molecule has 0 aliphatic carbocycles. The summed E-state index contributed by atoms with van der Waals surface area (Å²) in [5.41, 5.74) is 3.61. The van der Waals surface area contributed by atoms with Gasteiger partial charge >= 0.3 is 0 Å². The van der Waals surface area contributed by atoms with Crippen LogP contribution in [-0.2, 0) is 9.53 Å². The molecule has 4 rings (SSSR count). The van der Waals surface area contributed by atoms with Gasteiger partial charge in [-0.05, 0) is 38.0 Å². The van der Waals surface area contributed by atoms with Crippen LogP contribution in [0, 0.1) is 12.1 Å². The molecule has 2 aliphatic heterocycles. The van der Waals surface area contributed by atoms with Gasteiger partial charge in [0.1, 0.15) is 0 Å². The molecule has 2 atom stereocenters. The number of fused-ring (bicyclic) bond motifs is 1. The highest BCUT2D eigenvalue weighted by atomic mass is 16.6. The molecular formula is C21H27N5O3. The maximum atomic E-state index is 13.4. The van der Waals surface area contributed by atoms with Crippen molar-refractivity contribution >= 4 is 17.3 Å². The number of morpholine rings is 1. The number of hydrogen-bond donors (Lipinski definition) is 1. The summed E-state index contributed by atoms with van der Waals surface area (Å²) in [6.07, 6.45) is 2.35. The van der Waals surface area contributed by atoms with Gasteiger partial charge in [-0.25, -0.2) is 14.9 Å². The molecule has 2 aliphatic rings. The topological polar surface area (TPSA) is 78.1 Å². The molecule has 0 spiro atoms. The van der Waals surface area contributed by atoms with E-state index in [0.717, 1.165) is 22.5 Å². The lowest BCUT2D eigenvalue weighted by molar-refractivity contribution is -0.908. The van der Waals surface area contributed by atoms with Crippen molar-refractivity contribution < 1.29 is 14.7 Å². The second kappa shape index (κ2) is 7.98. The Morgan fingerprint density at radius 1 is 1.24 bits per heavy atom. The minimum atomic E-state index is -0.536. The van der Waals surface area contributed by atoms with E-state index < -0.39 is 6.04 Å². The maximum absolute atomic E-state index is 13.4. The summed E-state index contributed by atoms with van der Waals surface area (Å²) < 4.78 is 7.15. The number of carbonyl (C=O) groups is 1. The van der Waals surface area contributed by atoms with E-state index in [0.29, 0.717) is 38.5 Å². The highest BCUT2D eigenvalue weighted by Gasteiger charge is 2.37. The van der Waals surface area contributed by atoms with Gasteiger partial charge in [0.2, 0.25) is 0 Å². The first-order valence-corrected chi connectivity index (χ1v) is 10.1. The van der Waals surface area contributed by atoms with Crippen molar-refractivity contribution in [1.29, 1.82) is 0 Å². The molecule has 1 aromatic carbocycles. The second-order valence-corrected chi connectivity index (χ2v) is 7.44. The number of hydrogen-bond acceptors (Lipinski definition) is 5. The monoisotopic (exact) mass is 397 g/mol. The number of carbonyl (C=O) groups excluding carboxylic acids is 1. The van der Waals surface area contributed by atoms with E-state index in [2.05, 4.69) is 5.10 Å². The number of allylic oxidation sites excluding steroid dienone is 1. The van der Waals surface area contributed by atoms with Crippen LogP contribution in [0.3, 0.4) is 0 Å². The predicted octanol–water partition coefficient (Wildman–Crippen LogP) is 1.42. The molecule has 0 saturated carbocycles. The predicted molar refractivity (Wildman–Crippen MR) is 109 cm³/mol. The van der Waals surface area contributed by atoms with Gasteiger partial charge in [-0.2, -0.15) is 0 Å². The lowest BCUT2D eigenvalue weighted by atomic mass is 10.1. The largest absolute Gasteiger partial charge is 0.601 e. The van der Waals surface area contributed by atoms with Gasteiger partial charge in [-0.1, -0.05) is 25.1 Å². The summed E-state index contributed by atoms with van der Waals surface area (Å²) in [5, 5.41) is 19.3. The number of ether oxygens (including phenoxy) is 1. The number of nitrogens with one attached hydrogen (secondary N) is 1. The van der Waals surface area contributed by atoms with Gasteiger partial charge in [0.05, 0.1) is 36.4 Å². The van der Waals surface area contributed by atoms with E-state index in [4.69, 9.17) is 4.74 Å². The fraction of sp³-hybridized carbons (Fsp3) is 0.429. The van der Waals surface area contributed by atoms with E-state index in [1.807, 2.05) is 51.1 Å². The van der Waals surface area contributed by atoms with Gasteiger partial charge < -0.3 is 14.8 Å². The SMILES string of the molecule is CCC(C(=O)N1CCOCC1)N1C=C(C)c2c(nn(-c3ccccc3)c2C)[NH+]1[O-]. The minimum absolute atomic E-state index is 0.0316. The summed E-state index contributed by atoms with van der Waals surface area (Å²) in [6, 6.07) is 9.22. The number of rotatable bonds is 4. The molecule has 2 unspecified atom stereocenters. The Morgan fingerprint density at radius 3 is 2.59 bits per heavy atom. The van der Waals surface area contributed by atoms with Crippen LogP contribution >= 0.6 is 0 Å². The van der Waals surface area contributed by atoms with Gasteiger partial charge in [-0.15, -0.1) is 5.10 Å².